The second kappa shape index (κ2) is 10.6. The molecule has 2 fully saturated rings. The molecule has 0 saturated carbocycles. The molecule has 0 aromatic carbocycles. The van der Waals surface area contributed by atoms with Crippen molar-refractivity contribution in [3.05, 3.63) is 31.9 Å². The molecule has 1 aromatic heterocycles. The summed E-state index contributed by atoms with van der Waals surface area (Å²) >= 11 is 6.79. The Kier molecular flexibility index (Phi) is 8.15. The molecule has 0 atom stereocenters. The molecule has 0 unspecified atom stereocenters. The van der Waals surface area contributed by atoms with Gasteiger partial charge in [0.2, 0.25) is 0 Å². The molecular formula is C23H31N5O2S2. The average molecular weight is 474 g/mol. The van der Waals surface area contributed by atoms with Crippen LogP contribution in [0.25, 0.3) is 6.08 Å². The molecule has 7 nitrogen and oxygen atoms in total. The number of likely N-dealkylation sites (N-methyl/N-ethyl adjacent to an activating group) is 1. The van der Waals surface area contributed by atoms with Gasteiger partial charge in [-0.15, -0.1) is 0 Å². The predicted molar refractivity (Wildman–Crippen MR) is 135 cm³/mol. The Hall–Kier alpha value is -2.15. The van der Waals surface area contributed by atoms with Gasteiger partial charge in [-0.05, 0) is 32.0 Å². The van der Waals surface area contributed by atoms with E-state index in [1.54, 1.807) is 23.4 Å². The van der Waals surface area contributed by atoms with E-state index in [0.717, 1.165) is 63.2 Å². The minimum atomic E-state index is -0.306. The summed E-state index contributed by atoms with van der Waals surface area (Å²) in [6.07, 6.45) is 6.12. The van der Waals surface area contributed by atoms with Gasteiger partial charge in [-0.25, -0.2) is 0 Å². The van der Waals surface area contributed by atoms with Crippen LogP contribution in [-0.4, -0.2) is 64.4 Å². The van der Waals surface area contributed by atoms with Crippen molar-refractivity contribution in [3.8, 4) is 6.07 Å². The molecule has 2 saturated heterocycles. The number of pyridine rings is 1. The number of piperazine rings is 1. The average Bonchev–Trinajstić information content (AvgIpc) is 3.03. The van der Waals surface area contributed by atoms with Crippen LogP contribution in [0.2, 0.25) is 0 Å². The topological polar surface area (TPSA) is 72.6 Å². The van der Waals surface area contributed by atoms with E-state index >= 15 is 0 Å². The van der Waals surface area contributed by atoms with Crippen LogP contribution in [-0.2, 0) is 11.8 Å². The maximum absolute atomic E-state index is 13.1. The van der Waals surface area contributed by atoms with Crippen LogP contribution in [0.4, 0.5) is 5.82 Å². The van der Waals surface area contributed by atoms with E-state index in [4.69, 9.17) is 12.2 Å². The molecule has 0 radical (unpaired) electrons. The molecule has 3 rings (SSSR count). The zero-order valence-corrected chi connectivity index (χ0v) is 20.9. The highest BCUT2D eigenvalue weighted by Crippen LogP contribution is 2.36. The molecule has 1 aromatic rings. The van der Waals surface area contributed by atoms with E-state index < -0.39 is 0 Å². The third-order valence-corrected chi connectivity index (χ3v) is 7.53. The Morgan fingerprint density at radius 1 is 1.12 bits per heavy atom. The minimum absolute atomic E-state index is 0.0902. The molecule has 0 bridgehead atoms. The summed E-state index contributed by atoms with van der Waals surface area (Å²) < 4.78 is 2.12. The molecule has 2 aliphatic heterocycles. The number of carbonyl (C=O) groups excluding carboxylic acids is 1. The van der Waals surface area contributed by atoms with E-state index in [-0.39, 0.29) is 17.0 Å². The number of thiocarbonyl (C=S) groups is 1. The van der Waals surface area contributed by atoms with Crippen LogP contribution < -0.4 is 10.5 Å². The lowest BCUT2D eigenvalue weighted by Gasteiger charge is -2.36. The number of thioether (sulfide) groups is 1. The number of nitrogens with zero attached hydrogens (tertiary/aromatic N) is 5. The summed E-state index contributed by atoms with van der Waals surface area (Å²) in [4.78, 5) is 32.6. The Labute approximate surface area is 199 Å². The Bertz CT molecular complexity index is 1030. The molecule has 0 N–H and O–H groups in total. The van der Waals surface area contributed by atoms with Crippen molar-refractivity contribution >= 4 is 46.1 Å². The molecule has 2 aliphatic rings. The maximum Gasteiger partial charge on any atom is 0.270 e. The van der Waals surface area contributed by atoms with Crippen molar-refractivity contribution in [2.75, 3.05) is 44.7 Å². The molecule has 3 heterocycles. The molecule has 172 valence electrons. The molecule has 1 amide bonds. The van der Waals surface area contributed by atoms with Crippen molar-refractivity contribution in [1.82, 2.24) is 14.4 Å². The van der Waals surface area contributed by atoms with E-state index in [9.17, 15) is 14.9 Å². The van der Waals surface area contributed by atoms with Crippen LogP contribution in [0, 0.1) is 18.3 Å². The van der Waals surface area contributed by atoms with E-state index in [2.05, 4.69) is 29.8 Å². The summed E-state index contributed by atoms with van der Waals surface area (Å²) in [6.45, 7) is 7.88. The largest absolute Gasteiger partial charge is 0.355 e. The SMILES string of the molecule is CCCCCCN1C(=O)C(=Cc2c(C)c(C#N)c(=O)n(C)c2N2CCN(C)CC2)SC1=S. The first-order valence-corrected chi connectivity index (χ1v) is 12.3. The van der Waals surface area contributed by atoms with Gasteiger partial charge in [0.15, 0.2) is 0 Å². The van der Waals surface area contributed by atoms with E-state index in [1.807, 2.05) is 6.08 Å². The monoisotopic (exact) mass is 473 g/mol. The van der Waals surface area contributed by atoms with Crippen LogP contribution in [0.5, 0.6) is 0 Å². The first kappa shape index (κ1) is 24.5. The van der Waals surface area contributed by atoms with Gasteiger partial charge in [0.25, 0.3) is 11.5 Å². The summed E-state index contributed by atoms with van der Waals surface area (Å²) in [5, 5.41) is 9.62. The third kappa shape index (κ3) is 4.92. The van der Waals surface area contributed by atoms with Crippen LogP contribution in [0.1, 0.15) is 49.3 Å². The highest BCUT2D eigenvalue weighted by molar-refractivity contribution is 8.26. The van der Waals surface area contributed by atoms with Crippen molar-refractivity contribution < 1.29 is 4.79 Å². The standard InChI is InChI=1S/C23H31N5O2S2/c1-5-6-7-8-9-28-22(30)19(32-23(28)31)14-17-16(2)18(15-24)21(29)26(4)20(17)27-12-10-25(3)11-13-27/h14H,5-13H2,1-4H3. The number of amides is 1. The van der Waals surface area contributed by atoms with Gasteiger partial charge in [0.05, 0.1) is 4.91 Å². The number of unbranched alkanes of at least 4 members (excludes halogenated alkanes) is 3. The number of anilines is 1. The van der Waals surface area contributed by atoms with Gasteiger partial charge in [0.1, 0.15) is 21.8 Å². The Morgan fingerprint density at radius 2 is 1.81 bits per heavy atom. The fourth-order valence-corrected chi connectivity index (χ4v) is 5.42. The summed E-state index contributed by atoms with van der Waals surface area (Å²) in [7, 11) is 3.78. The predicted octanol–water partition coefficient (Wildman–Crippen LogP) is 3.10. The van der Waals surface area contributed by atoms with Crippen molar-refractivity contribution in [1.29, 1.82) is 5.26 Å². The fraction of sp³-hybridized carbons (Fsp3) is 0.565. The van der Waals surface area contributed by atoms with Gasteiger partial charge in [-0.2, -0.15) is 5.26 Å². The van der Waals surface area contributed by atoms with Crippen LogP contribution >= 0.6 is 24.0 Å². The zero-order chi connectivity index (χ0) is 23.4. The van der Waals surface area contributed by atoms with Gasteiger partial charge >= 0.3 is 0 Å². The quantitative estimate of drug-likeness (QED) is 0.342. The Morgan fingerprint density at radius 3 is 2.44 bits per heavy atom. The number of rotatable bonds is 7. The lowest BCUT2D eigenvalue weighted by atomic mass is 10.0. The lowest BCUT2D eigenvalue weighted by Crippen LogP contribution is -2.46. The third-order valence-electron chi connectivity index (χ3n) is 6.16. The number of hydrogen-bond donors (Lipinski definition) is 0. The second-order valence-electron chi connectivity index (χ2n) is 8.40. The van der Waals surface area contributed by atoms with E-state index in [0.29, 0.717) is 21.3 Å². The van der Waals surface area contributed by atoms with Gasteiger partial charge in [0, 0.05) is 45.3 Å². The molecule has 0 spiro atoms. The number of carbonyl (C=O) groups is 1. The zero-order valence-electron chi connectivity index (χ0n) is 19.3. The normalized spacial score (nSPS) is 18.7. The second-order valence-corrected chi connectivity index (χ2v) is 10.1. The maximum atomic E-state index is 13.1. The fourth-order valence-electron chi connectivity index (χ4n) is 4.13. The summed E-state index contributed by atoms with van der Waals surface area (Å²) in [6, 6.07) is 2.06. The first-order chi connectivity index (χ1) is 15.3. The smallest absolute Gasteiger partial charge is 0.270 e. The van der Waals surface area contributed by atoms with Crippen molar-refractivity contribution in [2.45, 2.75) is 39.5 Å². The molecule has 0 aliphatic carbocycles. The van der Waals surface area contributed by atoms with Crippen molar-refractivity contribution in [3.63, 3.8) is 0 Å². The van der Waals surface area contributed by atoms with E-state index in [1.165, 1.54) is 11.8 Å². The minimum Gasteiger partial charge on any atom is -0.355 e. The summed E-state index contributed by atoms with van der Waals surface area (Å²) in [5.74, 6) is 0.667. The highest BCUT2D eigenvalue weighted by Gasteiger charge is 2.33. The van der Waals surface area contributed by atoms with Gasteiger partial charge < -0.3 is 9.80 Å². The highest BCUT2D eigenvalue weighted by atomic mass is 32.2. The number of hydrogen-bond acceptors (Lipinski definition) is 7. The molecule has 9 heteroatoms. The Balaban J connectivity index is 2.01. The number of aromatic nitrogens is 1. The molecule has 32 heavy (non-hydrogen) atoms. The van der Waals surface area contributed by atoms with Gasteiger partial charge in [-0.1, -0.05) is 50.2 Å². The van der Waals surface area contributed by atoms with Crippen LogP contribution in [0.3, 0.4) is 0 Å². The molecular weight excluding hydrogens is 442 g/mol. The number of nitriles is 1. The van der Waals surface area contributed by atoms with Crippen LogP contribution in [0.15, 0.2) is 9.70 Å². The van der Waals surface area contributed by atoms with Gasteiger partial charge in [-0.3, -0.25) is 19.1 Å². The van der Waals surface area contributed by atoms with Crippen molar-refractivity contribution in [2.24, 2.45) is 7.05 Å². The summed E-state index contributed by atoms with van der Waals surface area (Å²) in [5.41, 5.74) is 1.17. The first-order valence-electron chi connectivity index (χ1n) is 11.1. The lowest BCUT2D eigenvalue weighted by molar-refractivity contribution is -0.122.